The van der Waals surface area contributed by atoms with Crippen LogP contribution >= 0.6 is 15.9 Å². The summed E-state index contributed by atoms with van der Waals surface area (Å²) in [6.45, 7) is 4.88. The number of halogens is 3. The fourth-order valence-electron chi connectivity index (χ4n) is 2.30. The van der Waals surface area contributed by atoms with Crippen molar-refractivity contribution in [2.24, 2.45) is 11.8 Å². The zero-order valence-electron chi connectivity index (χ0n) is 9.93. The van der Waals surface area contributed by atoms with Crippen LogP contribution in [-0.2, 0) is 0 Å². The molecule has 1 aromatic rings. The molecule has 17 heavy (non-hydrogen) atoms. The van der Waals surface area contributed by atoms with E-state index in [1.54, 1.807) is 0 Å². The first-order chi connectivity index (χ1) is 8.04. The van der Waals surface area contributed by atoms with Gasteiger partial charge in [0.1, 0.15) is 11.6 Å². The predicted molar refractivity (Wildman–Crippen MR) is 67.7 cm³/mol. The Morgan fingerprint density at radius 3 is 2.59 bits per heavy atom. The molecule has 3 unspecified atom stereocenters. The summed E-state index contributed by atoms with van der Waals surface area (Å²) < 4.78 is 27.6. The van der Waals surface area contributed by atoms with Crippen LogP contribution in [0.15, 0.2) is 16.6 Å². The van der Waals surface area contributed by atoms with Gasteiger partial charge in [0.05, 0.1) is 4.47 Å². The standard InChI is InChI=1S/C13H16BrF2N/c1-3-17-13(8-4-7(8)2)9-5-12(16)10(14)6-11(9)15/h5-8,13,17H,3-4H2,1-2H3. The summed E-state index contributed by atoms with van der Waals surface area (Å²) in [6.07, 6.45) is 1.08. The van der Waals surface area contributed by atoms with Gasteiger partial charge < -0.3 is 5.32 Å². The average molecular weight is 304 g/mol. The minimum absolute atomic E-state index is 0.0717. The van der Waals surface area contributed by atoms with Gasteiger partial charge in [-0.3, -0.25) is 0 Å². The monoisotopic (exact) mass is 303 g/mol. The molecule has 1 fully saturated rings. The van der Waals surface area contributed by atoms with E-state index in [9.17, 15) is 8.78 Å². The molecule has 1 aliphatic carbocycles. The molecule has 94 valence electrons. The third-order valence-electron chi connectivity index (χ3n) is 3.40. The summed E-state index contributed by atoms with van der Waals surface area (Å²) in [5.41, 5.74) is 0.446. The maximum absolute atomic E-state index is 13.9. The van der Waals surface area contributed by atoms with Crippen LogP contribution in [0, 0.1) is 23.5 Å². The summed E-state index contributed by atoms with van der Waals surface area (Å²) >= 11 is 3.00. The lowest BCUT2D eigenvalue weighted by Crippen LogP contribution is -2.24. The molecule has 1 saturated carbocycles. The van der Waals surface area contributed by atoms with Crippen molar-refractivity contribution >= 4 is 15.9 Å². The molecule has 0 saturated heterocycles. The molecule has 2 rings (SSSR count). The molecular formula is C13H16BrF2N. The largest absolute Gasteiger partial charge is 0.310 e. The van der Waals surface area contributed by atoms with Crippen LogP contribution in [-0.4, -0.2) is 6.54 Å². The van der Waals surface area contributed by atoms with Crippen LogP contribution < -0.4 is 5.32 Å². The van der Waals surface area contributed by atoms with Crippen molar-refractivity contribution in [2.45, 2.75) is 26.3 Å². The maximum atomic E-state index is 13.9. The van der Waals surface area contributed by atoms with E-state index >= 15 is 0 Å². The molecule has 0 radical (unpaired) electrons. The van der Waals surface area contributed by atoms with E-state index < -0.39 is 5.82 Å². The van der Waals surface area contributed by atoms with Gasteiger partial charge in [-0.1, -0.05) is 13.8 Å². The lowest BCUT2D eigenvalue weighted by molar-refractivity contribution is 0.448. The summed E-state index contributed by atoms with van der Waals surface area (Å²) in [7, 11) is 0. The summed E-state index contributed by atoms with van der Waals surface area (Å²) in [4.78, 5) is 0. The number of rotatable bonds is 4. The second-order valence-electron chi connectivity index (χ2n) is 4.70. The van der Waals surface area contributed by atoms with E-state index in [2.05, 4.69) is 28.2 Å². The first kappa shape index (κ1) is 13.0. The third-order valence-corrected chi connectivity index (χ3v) is 4.01. The Labute approximate surface area is 109 Å². The van der Waals surface area contributed by atoms with Gasteiger partial charge in [0.15, 0.2) is 0 Å². The van der Waals surface area contributed by atoms with Crippen molar-refractivity contribution in [2.75, 3.05) is 6.54 Å². The molecule has 1 nitrogen and oxygen atoms in total. The highest BCUT2D eigenvalue weighted by Crippen LogP contribution is 2.47. The van der Waals surface area contributed by atoms with Crippen molar-refractivity contribution in [3.8, 4) is 0 Å². The van der Waals surface area contributed by atoms with E-state index in [0.29, 0.717) is 17.4 Å². The summed E-state index contributed by atoms with van der Waals surface area (Å²) in [5, 5.41) is 3.26. The molecule has 0 aliphatic heterocycles. The first-order valence-corrected chi connectivity index (χ1v) is 6.71. The highest BCUT2D eigenvalue weighted by atomic mass is 79.9. The van der Waals surface area contributed by atoms with E-state index in [1.807, 2.05) is 6.92 Å². The minimum atomic E-state index is -0.405. The van der Waals surface area contributed by atoms with Gasteiger partial charge in [0.2, 0.25) is 0 Å². The van der Waals surface area contributed by atoms with Crippen molar-refractivity contribution in [1.29, 1.82) is 0 Å². The Morgan fingerprint density at radius 1 is 1.41 bits per heavy atom. The van der Waals surface area contributed by atoms with E-state index in [1.165, 1.54) is 12.1 Å². The molecule has 0 aromatic heterocycles. The highest BCUT2D eigenvalue weighted by molar-refractivity contribution is 9.10. The van der Waals surface area contributed by atoms with Crippen molar-refractivity contribution in [1.82, 2.24) is 5.32 Å². The Kier molecular flexibility index (Phi) is 3.83. The fourth-order valence-corrected chi connectivity index (χ4v) is 2.62. The van der Waals surface area contributed by atoms with Crippen LogP contribution in [0.5, 0.6) is 0 Å². The smallest absolute Gasteiger partial charge is 0.137 e. The van der Waals surface area contributed by atoms with Crippen LogP contribution in [0.4, 0.5) is 8.78 Å². The lowest BCUT2D eigenvalue weighted by Gasteiger charge is -2.19. The highest BCUT2D eigenvalue weighted by Gasteiger charge is 2.40. The Hall–Kier alpha value is -0.480. The first-order valence-electron chi connectivity index (χ1n) is 5.92. The molecule has 3 atom stereocenters. The topological polar surface area (TPSA) is 12.0 Å². The normalized spacial score (nSPS) is 24.8. The van der Waals surface area contributed by atoms with E-state index in [0.717, 1.165) is 13.0 Å². The molecule has 1 aromatic carbocycles. The van der Waals surface area contributed by atoms with Crippen LogP contribution in [0.1, 0.15) is 31.9 Å². The van der Waals surface area contributed by atoms with Crippen LogP contribution in [0.2, 0.25) is 0 Å². The SMILES string of the molecule is CCNC(c1cc(F)c(Br)cc1F)C1CC1C. The zero-order chi connectivity index (χ0) is 12.6. The van der Waals surface area contributed by atoms with Crippen molar-refractivity contribution < 1.29 is 8.78 Å². The van der Waals surface area contributed by atoms with Gasteiger partial charge >= 0.3 is 0 Å². The molecule has 4 heteroatoms. The Balaban J connectivity index is 2.32. The number of nitrogens with one attached hydrogen (secondary N) is 1. The molecule has 0 amide bonds. The lowest BCUT2D eigenvalue weighted by atomic mass is 10.0. The quantitative estimate of drug-likeness (QED) is 0.828. The number of hydrogen-bond acceptors (Lipinski definition) is 1. The summed E-state index contributed by atoms with van der Waals surface area (Å²) in [6, 6.07) is 2.44. The number of benzene rings is 1. The van der Waals surface area contributed by atoms with Gasteiger partial charge in [-0.05, 0) is 52.9 Å². The van der Waals surface area contributed by atoms with Crippen molar-refractivity contribution in [3.63, 3.8) is 0 Å². The molecule has 1 aliphatic rings. The zero-order valence-corrected chi connectivity index (χ0v) is 11.5. The van der Waals surface area contributed by atoms with Gasteiger partial charge in [0, 0.05) is 11.6 Å². The fraction of sp³-hybridized carbons (Fsp3) is 0.538. The minimum Gasteiger partial charge on any atom is -0.310 e. The molecule has 1 N–H and O–H groups in total. The maximum Gasteiger partial charge on any atom is 0.137 e. The molecule has 0 spiro atoms. The predicted octanol–water partition coefficient (Wildman–Crippen LogP) is 4.03. The van der Waals surface area contributed by atoms with Gasteiger partial charge in [-0.25, -0.2) is 8.78 Å². The van der Waals surface area contributed by atoms with Gasteiger partial charge in [-0.15, -0.1) is 0 Å². The third kappa shape index (κ3) is 2.68. The summed E-state index contributed by atoms with van der Waals surface area (Å²) in [5.74, 6) is 0.260. The number of hydrogen-bond donors (Lipinski definition) is 1. The second kappa shape index (κ2) is 5.02. The van der Waals surface area contributed by atoms with Crippen LogP contribution in [0.25, 0.3) is 0 Å². The van der Waals surface area contributed by atoms with Gasteiger partial charge in [0.25, 0.3) is 0 Å². The average Bonchev–Trinajstić information content (AvgIpc) is 2.98. The Bertz CT molecular complexity index is 422. The van der Waals surface area contributed by atoms with Crippen LogP contribution in [0.3, 0.4) is 0 Å². The van der Waals surface area contributed by atoms with E-state index in [4.69, 9.17) is 0 Å². The second-order valence-corrected chi connectivity index (χ2v) is 5.55. The molecule has 0 bridgehead atoms. The molecule has 0 heterocycles. The van der Waals surface area contributed by atoms with Gasteiger partial charge in [-0.2, -0.15) is 0 Å². The molecular weight excluding hydrogens is 288 g/mol. The van der Waals surface area contributed by atoms with Crippen molar-refractivity contribution in [3.05, 3.63) is 33.8 Å². The Morgan fingerprint density at radius 2 is 2.06 bits per heavy atom. The van der Waals surface area contributed by atoms with E-state index in [-0.39, 0.29) is 16.3 Å².